The molecule has 3 nitrogen and oxygen atoms in total. The third-order valence-corrected chi connectivity index (χ3v) is 5.89. The van der Waals surface area contributed by atoms with Gasteiger partial charge in [0.1, 0.15) is 11.6 Å². The number of fused-ring (bicyclic) bond motifs is 2. The van der Waals surface area contributed by atoms with Gasteiger partial charge in [-0.25, -0.2) is 4.39 Å². The fourth-order valence-corrected chi connectivity index (χ4v) is 4.55. The molecule has 3 heterocycles. The Kier molecular flexibility index (Phi) is 6.53. The molecular weight excluding hydrogens is 393 g/mol. The second-order valence-electron chi connectivity index (χ2n) is 6.53. The van der Waals surface area contributed by atoms with Crippen molar-refractivity contribution in [3.05, 3.63) is 89.4 Å². The molecule has 4 rings (SSSR count). The minimum absolute atomic E-state index is 0.212. The Morgan fingerprint density at radius 1 is 1.20 bits per heavy atom. The van der Waals surface area contributed by atoms with E-state index in [1.54, 1.807) is 6.08 Å². The molecule has 0 amide bonds. The van der Waals surface area contributed by atoms with E-state index in [-0.39, 0.29) is 5.83 Å². The van der Waals surface area contributed by atoms with Crippen LogP contribution in [0, 0.1) is 0 Å². The second-order valence-corrected chi connectivity index (χ2v) is 7.59. The van der Waals surface area contributed by atoms with Gasteiger partial charge in [-0.3, -0.25) is 9.88 Å². The summed E-state index contributed by atoms with van der Waals surface area (Å²) in [6, 6.07) is 10.0. The molecule has 0 radical (unpaired) electrons. The number of aromatic nitrogens is 1. The Balaban J connectivity index is 0.00000124. The maximum Gasteiger partial charge on any atom is 0.108 e. The van der Waals surface area contributed by atoms with E-state index in [9.17, 15) is 4.39 Å². The highest BCUT2D eigenvalue weighted by atomic mass is 32.1. The van der Waals surface area contributed by atoms with Gasteiger partial charge >= 0.3 is 0 Å². The molecule has 0 saturated carbocycles. The molecule has 2 aromatic heterocycles. The Morgan fingerprint density at radius 3 is 2.63 bits per heavy atom. The summed E-state index contributed by atoms with van der Waals surface area (Å²) in [5, 5.41) is 5.46. The third kappa shape index (κ3) is 3.81. The fraction of sp³-hybridized carbons (Fsp3) is 0.160. The van der Waals surface area contributed by atoms with Gasteiger partial charge in [-0.15, -0.1) is 11.3 Å². The lowest BCUT2D eigenvalue weighted by Gasteiger charge is -2.33. The van der Waals surface area contributed by atoms with Gasteiger partial charge in [-0.2, -0.15) is 0 Å². The largest absolute Gasteiger partial charge is 0.341 e. The highest BCUT2D eigenvalue weighted by Gasteiger charge is 2.28. The molecule has 30 heavy (non-hydrogen) atoms. The lowest BCUT2D eigenvalue weighted by Crippen LogP contribution is -2.28. The average molecular weight is 420 g/mol. The lowest BCUT2D eigenvalue weighted by molar-refractivity contribution is 0.645. The molecule has 0 spiro atoms. The Labute approximate surface area is 181 Å². The molecular formula is C25H26FN3S. The topological polar surface area (TPSA) is 28.2 Å². The van der Waals surface area contributed by atoms with Crippen LogP contribution in [-0.4, -0.2) is 4.98 Å². The molecule has 154 valence electrons. The first kappa shape index (κ1) is 21.5. The van der Waals surface area contributed by atoms with E-state index < -0.39 is 0 Å². The highest BCUT2D eigenvalue weighted by Crippen LogP contribution is 2.45. The van der Waals surface area contributed by atoms with E-state index in [1.807, 2.05) is 68.4 Å². The molecule has 0 bridgehead atoms. The van der Waals surface area contributed by atoms with Gasteiger partial charge in [0.15, 0.2) is 0 Å². The first-order valence-electron chi connectivity index (χ1n) is 9.92. The van der Waals surface area contributed by atoms with Gasteiger partial charge in [0.05, 0.1) is 28.1 Å². The molecule has 1 aromatic carbocycles. The zero-order chi connectivity index (χ0) is 21.8. The Morgan fingerprint density at radius 2 is 1.93 bits per heavy atom. The first-order chi connectivity index (χ1) is 14.5. The number of pyridine rings is 1. The van der Waals surface area contributed by atoms with Gasteiger partial charge in [0.25, 0.3) is 0 Å². The molecule has 3 aromatic rings. The van der Waals surface area contributed by atoms with Gasteiger partial charge in [0, 0.05) is 27.4 Å². The van der Waals surface area contributed by atoms with Crippen molar-refractivity contribution in [2.24, 2.45) is 0 Å². The molecule has 0 atom stereocenters. The van der Waals surface area contributed by atoms with Crippen molar-refractivity contribution in [1.29, 1.82) is 0 Å². The molecule has 0 saturated heterocycles. The van der Waals surface area contributed by atoms with Gasteiger partial charge in [-0.05, 0) is 19.9 Å². The van der Waals surface area contributed by atoms with Gasteiger partial charge in [-0.1, -0.05) is 63.4 Å². The maximum atomic E-state index is 14.0. The van der Waals surface area contributed by atoms with Crippen LogP contribution < -0.4 is 10.2 Å². The number of thiophene rings is 1. The molecule has 1 N–H and O–H groups in total. The molecule has 0 unspecified atom stereocenters. The summed E-state index contributed by atoms with van der Waals surface area (Å²) in [5.74, 6) is 0.477. The van der Waals surface area contributed by atoms with Crippen molar-refractivity contribution in [3.63, 3.8) is 0 Å². The van der Waals surface area contributed by atoms with Crippen LogP contribution in [0.2, 0.25) is 0 Å². The molecule has 0 fully saturated rings. The number of rotatable bonds is 3. The van der Waals surface area contributed by atoms with Crippen LogP contribution in [0.3, 0.4) is 0 Å². The first-order valence-corrected chi connectivity index (χ1v) is 10.7. The smallest absolute Gasteiger partial charge is 0.108 e. The van der Waals surface area contributed by atoms with E-state index in [0.717, 1.165) is 37.6 Å². The van der Waals surface area contributed by atoms with Crippen molar-refractivity contribution in [1.82, 2.24) is 4.98 Å². The summed E-state index contributed by atoms with van der Waals surface area (Å²) in [6.07, 6.45) is 7.29. The second kappa shape index (κ2) is 9.09. The highest BCUT2D eigenvalue weighted by molar-refractivity contribution is 7.15. The number of anilines is 2. The minimum Gasteiger partial charge on any atom is -0.341 e. The van der Waals surface area contributed by atoms with Gasteiger partial charge < -0.3 is 5.32 Å². The zero-order valence-corrected chi connectivity index (χ0v) is 18.6. The maximum absolute atomic E-state index is 14.0. The predicted molar refractivity (Wildman–Crippen MR) is 130 cm³/mol. The number of hydrogen-bond acceptors (Lipinski definition) is 4. The van der Waals surface area contributed by atoms with E-state index in [1.165, 1.54) is 18.3 Å². The minimum atomic E-state index is -0.212. The summed E-state index contributed by atoms with van der Waals surface area (Å²) in [4.78, 5) is 8.16. The summed E-state index contributed by atoms with van der Waals surface area (Å²) in [6.45, 7) is 15.9. The Hall–Kier alpha value is -3.18. The predicted octanol–water partition coefficient (Wildman–Crippen LogP) is 7.97. The van der Waals surface area contributed by atoms with E-state index in [2.05, 4.69) is 29.5 Å². The zero-order valence-electron chi connectivity index (χ0n) is 17.8. The van der Waals surface area contributed by atoms with E-state index >= 15 is 0 Å². The molecule has 1 aliphatic rings. The number of hydrogen-bond donors (Lipinski definition) is 1. The molecule has 0 aliphatic carbocycles. The van der Waals surface area contributed by atoms with Crippen molar-refractivity contribution >= 4 is 44.8 Å². The van der Waals surface area contributed by atoms with Crippen molar-refractivity contribution < 1.29 is 4.39 Å². The number of benzene rings is 1. The quantitative estimate of drug-likeness (QED) is 0.436. The number of allylic oxidation sites excluding steroid dienone is 4. The van der Waals surface area contributed by atoms with Crippen LogP contribution in [0.15, 0.2) is 79.7 Å². The van der Waals surface area contributed by atoms with Crippen molar-refractivity contribution in [2.45, 2.75) is 27.7 Å². The summed E-state index contributed by atoms with van der Waals surface area (Å²) in [7, 11) is 0. The van der Waals surface area contributed by atoms with Crippen LogP contribution in [0.25, 0.3) is 22.0 Å². The fourth-order valence-electron chi connectivity index (χ4n) is 3.41. The standard InChI is InChI=1S/C23H20FN3S.C2H6/c1-5-8-18(14(2)24)22-11-20-23(28-22)15(3)27(16(4)26-20)21-13-25-12-17-9-6-7-10-19(17)21;1-2/h5-13,26H,3-4H2,1-2H3;1-2H3/b8-5-,18-14-;. The third-order valence-electron chi connectivity index (χ3n) is 4.67. The van der Waals surface area contributed by atoms with Crippen LogP contribution in [0.5, 0.6) is 0 Å². The number of nitrogens with one attached hydrogen (secondary N) is 1. The summed E-state index contributed by atoms with van der Waals surface area (Å²) in [5.41, 5.74) is 3.18. The molecule has 5 heteroatoms. The number of halogens is 1. The monoisotopic (exact) mass is 419 g/mol. The molecule has 1 aliphatic heterocycles. The van der Waals surface area contributed by atoms with Crippen molar-refractivity contribution in [3.8, 4) is 0 Å². The SMILES string of the molecule is C=C1Nc2cc(C(/C=C\C)=C(/C)F)sc2C(=C)N1c1cncc2ccccc12.CC. The average Bonchev–Trinajstić information content (AvgIpc) is 3.17. The van der Waals surface area contributed by atoms with E-state index in [0.29, 0.717) is 11.4 Å². The Bertz CT molecular complexity index is 1160. The van der Waals surface area contributed by atoms with Crippen LogP contribution >= 0.6 is 11.3 Å². The van der Waals surface area contributed by atoms with Crippen LogP contribution in [-0.2, 0) is 0 Å². The van der Waals surface area contributed by atoms with Gasteiger partial charge in [0.2, 0.25) is 0 Å². The lowest BCUT2D eigenvalue weighted by atomic mass is 10.1. The van der Waals surface area contributed by atoms with Crippen LogP contribution in [0.4, 0.5) is 15.8 Å². The number of nitrogens with zero attached hydrogens (tertiary/aromatic N) is 2. The summed E-state index contributed by atoms with van der Waals surface area (Å²) < 4.78 is 14.0. The van der Waals surface area contributed by atoms with E-state index in [4.69, 9.17) is 0 Å². The normalized spacial score (nSPS) is 14.2. The van der Waals surface area contributed by atoms with Crippen molar-refractivity contribution in [2.75, 3.05) is 10.2 Å². The summed E-state index contributed by atoms with van der Waals surface area (Å²) >= 11 is 1.51. The van der Waals surface area contributed by atoms with Crippen LogP contribution in [0.1, 0.15) is 37.4 Å².